The van der Waals surface area contributed by atoms with Crippen molar-refractivity contribution in [2.24, 2.45) is 0 Å². The molecule has 0 saturated heterocycles. The molecular formula is C15H22N2. The summed E-state index contributed by atoms with van der Waals surface area (Å²) < 4.78 is 0. The zero-order valence-electron chi connectivity index (χ0n) is 11.7. The third-order valence-corrected chi connectivity index (χ3v) is 3.32. The van der Waals surface area contributed by atoms with Gasteiger partial charge in [0.25, 0.3) is 0 Å². The van der Waals surface area contributed by atoms with Crippen molar-refractivity contribution in [1.82, 2.24) is 10.2 Å². The Kier molecular flexibility index (Phi) is 2.76. The third-order valence-electron chi connectivity index (χ3n) is 3.32. The molecular weight excluding hydrogens is 208 g/mol. The van der Waals surface area contributed by atoms with E-state index in [1.54, 1.807) is 0 Å². The Balaban J connectivity index is 2.89. The summed E-state index contributed by atoms with van der Waals surface area (Å²) in [7, 11) is 0. The number of hydrogen-bond donors (Lipinski definition) is 1. The van der Waals surface area contributed by atoms with Gasteiger partial charge in [0, 0.05) is 5.39 Å². The van der Waals surface area contributed by atoms with E-state index in [9.17, 15) is 0 Å². The van der Waals surface area contributed by atoms with Gasteiger partial charge in [0.1, 0.15) is 0 Å². The van der Waals surface area contributed by atoms with Crippen LogP contribution in [-0.4, -0.2) is 10.2 Å². The highest BCUT2D eigenvalue weighted by molar-refractivity contribution is 5.87. The lowest BCUT2D eigenvalue weighted by molar-refractivity contribution is 0.583. The second kappa shape index (κ2) is 3.86. The van der Waals surface area contributed by atoms with Crippen molar-refractivity contribution in [3.05, 3.63) is 29.0 Å². The molecule has 2 aromatic rings. The standard InChI is InChI=1S/C15H22N2/c1-9(2)11-7-8-12-13(10(3)16-17-12)14(11)15(4,5)6/h7-9H,1-6H3,(H,16,17). The number of aryl methyl sites for hydroxylation is 1. The molecule has 0 fully saturated rings. The maximum absolute atomic E-state index is 4.35. The molecule has 92 valence electrons. The van der Waals surface area contributed by atoms with Crippen LogP contribution in [-0.2, 0) is 5.41 Å². The van der Waals surface area contributed by atoms with Gasteiger partial charge in [-0.25, -0.2) is 0 Å². The summed E-state index contributed by atoms with van der Waals surface area (Å²) in [5, 5.41) is 8.77. The predicted octanol–water partition coefficient (Wildman–Crippen LogP) is 4.29. The summed E-state index contributed by atoms with van der Waals surface area (Å²) in [5.41, 5.74) is 5.28. The summed E-state index contributed by atoms with van der Waals surface area (Å²) >= 11 is 0. The van der Waals surface area contributed by atoms with Crippen molar-refractivity contribution in [3.63, 3.8) is 0 Å². The first kappa shape index (κ1) is 12.2. The second-order valence-corrected chi connectivity index (χ2v) is 6.17. The van der Waals surface area contributed by atoms with Crippen molar-refractivity contribution in [3.8, 4) is 0 Å². The highest BCUT2D eigenvalue weighted by Gasteiger charge is 2.24. The monoisotopic (exact) mass is 230 g/mol. The number of nitrogens with one attached hydrogen (secondary N) is 1. The van der Waals surface area contributed by atoms with Gasteiger partial charge in [0.05, 0.1) is 11.2 Å². The van der Waals surface area contributed by atoms with Gasteiger partial charge < -0.3 is 0 Å². The average molecular weight is 230 g/mol. The van der Waals surface area contributed by atoms with E-state index >= 15 is 0 Å². The largest absolute Gasteiger partial charge is 0.278 e. The minimum atomic E-state index is 0.147. The molecule has 0 spiro atoms. The van der Waals surface area contributed by atoms with Crippen LogP contribution in [0.1, 0.15) is 57.4 Å². The molecule has 0 aliphatic rings. The molecule has 1 aromatic carbocycles. The highest BCUT2D eigenvalue weighted by Crippen LogP contribution is 2.37. The van der Waals surface area contributed by atoms with E-state index in [1.807, 2.05) is 0 Å². The third kappa shape index (κ3) is 1.97. The summed E-state index contributed by atoms with van der Waals surface area (Å²) in [5.74, 6) is 0.544. The molecule has 1 heterocycles. The van der Waals surface area contributed by atoms with Gasteiger partial charge >= 0.3 is 0 Å². The Morgan fingerprint density at radius 2 is 1.82 bits per heavy atom. The average Bonchev–Trinajstić information content (AvgIpc) is 2.57. The number of aromatic nitrogens is 2. The first-order valence-corrected chi connectivity index (χ1v) is 6.30. The van der Waals surface area contributed by atoms with Crippen molar-refractivity contribution in [2.75, 3.05) is 0 Å². The van der Waals surface area contributed by atoms with Crippen LogP contribution in [0.5, 0.6) is 0 Å². The van der Waals surface area contributed by atoms with E-state index in [0.717, 1.165) is 11.2 Å². The van der Waals surface area contributed by atoms with Crippen LogP contribution in [0.15, 0.2) is 12.1 Å². The van der Waals surface area contributed by atoms with Crippen molar-refractivity contribution >= 4 is 10.9 Å². The molecule has 0 bridgehead atoms. The Labute approximate surface area is 103 Å². The quantitative estimate of drug-likeness (QED) is 0.777. The topological polar surface area (TPSA) is 28.7 Å². The molecule has 0 amide bonds. The fraction of sp³-hybridized carbons (Fsp3) is 0.533. The number of nitrogens with zero attached hydrogens (tertiary/aromatic N) is 1. The van der Waals surface area contributed by atoms with Gasteiger partial charge in [-0.05, 0) is 35.4 Å². The Morgan fingerprint density at radius 1 is 1.18 bits per heavy atom. The maximum atomic E-state index is 4.35. The second-order valence-electron chi connectivity index (χ2n) is 6.17. The predicted molar refractivity (Wildman–Crippen MR) is 73.6 cm³/mol. The van der Waals surface area contributed by atoms with Gasteiger partial charge in [-0.15, -0.1) is 0 Å². The maximum Gasteiger partial charge on any atom is 0.0673 e. The zero-order valence-corrected chi connectivity index (χ0v) is 11.7. The van der Waals surface area contributed by atoms with Crippen LogP contribution < -0.4 is 0 Å². The summed E-state index contributed by atoms with van der Waals surface area (Å²) in [6.45, 7) is 13.4. The van der Waals surface area contributed by atoms with E-state index < -0.39 is 0 Å². The van der Waals surface area contributed by atoms with E-state index in [-0.39, 0.29) is 5.41 Å². The fourth-order valence-electron chi connectivity index (χ4n) is 2.58. The lowest BCUT2D eigenvalue weighted by atomic mass is 9.78. The Hall–Kier alpha value is -1.31. The highest BCUT2D eigenvalue weighted by atomic mass is 15.1. The Bertz CT molecular complexity index is 542. The van der Waals surface area contributed by atoms with Crippen molar-refractivity contribution in [2.45, 2.75) is 52.9 Å². The minimum Gasteiger partial charge on any atom is -0.278 e. The first-order chi connectivity index (χ1) is 7.82. The number of hydrogen-bond acceptors (Lipinski definition) is 1. The van der Waals surface area contributed by atoms with Crippen LogP contribution >= 0.6 is 0 Å². The smallest absolute Gasteiger partial charge is 0.0673 e. The zero-order chi connectivity index (χ0) is 12.8. The molecule has 2 rings (SSSR count). The molecule has 17 heavy (non-hydrogen) atoms. The molecule has 0 aliphatic carbocycles. The van der Waals surface area contributed by atoms with Crippen molar-refractivity contribution < 1.29 is 0 Å². The van der Waals surface area contributed by atoms with Crippen molar-refractivity contribution in [1.29, 1.82) is 0 Å². The van der Waals surface area contributed by atoms with Crippen LogP contribution in [0.4, 0.5) is 0 Å². The SMILES string of the molecule is Cc1n[nH]c2ccc(C(C)C)c(C(C)(C)C)c12. The first-order valence-electron chi connectivity index (χ1n) is 6.30. The van der Waals surface area contributed by atoms with Crippen LogP contribution in [0.25, 0.3) is 10.9 Å². The number of H-pyrrole nitrogens is 1. The number of aromatic amines is 1. The van der Waals surface area contributed by atoms with Crippen LogP contribution in [0.3, 0.4) is 0 Å². The van der Waals surface area contributed by atoms with E-state index in [4.69, 9.17) is 0 Å². The molecule has 0 radical (unpaired) electrons. The summed E-state index contributed by atoms with van der Waals surface area (Å²) in [4.78, 5) is 0. The lowest BCUT2D eigenvalue weighted by Gasteiger charge is -2.26. The molecule has 0 atom stereocenters. The summed E-state index contributed by atoms with van der Waals surface area (Å²) in [6, 6.07) is 4.39. The normalized spacial score (nSPS) is 12.6. The van der Waals surface area contributed by atoms with E-state index in [1.165, 1.54) is 16.5 Å². The molecule has 2 heteroatoms. The van der Waals surface area contributed by atoms with E-state index in [0.29, 0.717) is 5.92 Å². The van der Waals surface area contributed by atoms with Gasteiger partial charge in [-0.2, -0.15) is 5.10 Å². The number of fused-ring (bicyclic) bond motifs is 1. The van der Waals surface area contributed by atoms with E-state index in [2.05, 4.69) is 63.9 Å². The fourth-order valence-corrected chi connectivity index (χ4v) is 2.58. The minimum absolute atomic E-state index is 0.147. The molecule has 0 saturated carbocycles. The molecule has 0 aliphatic heterocycles. The molecule has 1 N–H and O–H groups in total. The lowest BCUT2D eigenvalue weighted by Crippen LogP contribution is -2.15. The van der Waals surface area contributed by atoms with Gasteiger partial charge in [0.2, 0.25) is 0 Å². The molecule has 0 unspecified atom stereocenters. The number of benzene rings is 1. The summed E-state index contributed by atoms with van der Waals surface area (Å²) in [6.07, 6.45) is 0. The molecule has 2 nitrogen and oxygen atoms in total. The van der Waals surface area contributed by atoms with Crippen LogP contribution in [0.2, 0.25) is 0 Å². The number of rotatable bonds is 1. The van der Waals surface area contributed by atoms with Crippen LogP contribution in [0, 0.1) is 6.92 Å². The Morgan fingerprint density at radius 3 is 2.35 bits per heavy atom. The van der Waals surface area contributed by atoms with Gasteiger partial charge in [0.15, 0.2) is 0 Å². The van der Waals surface area contributed by atoms with Gasteiger partial charge in [-0.1, -0.05) is 40.7 Å². The molecule has 1 aromatic heterocycles. The van der Waals surface area contributed by atoms with Gasteiger partial charge in [-0.3, -0.25) is 5.10 Å².